The van der Waals surface area contributed by atoms with Gasteiger partial charge in [0.2, 0.25) is 0 Å². The van der Waals surface area contributed by atoms with Crippen molar-refractivity contribution < 1.29 is 10.0 Å². The highest BCUT2D eigenvalue weighted by molar-refractivity contribution is 9.10. The van der Waals surface area contributed by atoms with Crippen molar-refractivity contribution in [3.8, 4) is 0 Å². The monoisotopic (exact) mass is 354 g/mol. The summed E-state index contributed by atoms with van der Waals surface area (Å²) in [6.45, 7) is 1.57. The van der Waals surface area contributed by atoms with Crippen LogP contribution in [0.25, 0.3) is 0 Å². The van der Waals surface area contributed by atoms with E-state index in [2.05, 4.69) is 20.9 Å². The number of halogens is 1. The molecule has 0 aliphatic rings. The summed E-state index contributed by atoms with van der Waals surface area (Å²) in [6.07, 6.45) is 0.900. The second-order valence-corrected chi connectivity index (χ2v) is 6.05. The van der Waals surface area contributed by atoms with Gasteiger partial charge in [-0.15, -0.1) is 0 Å². The molecule has 0 amide bonds. The third-order valence-electron chi connectivity index (χ3n) is 2.58. The molecule has 0 fully saturated rings. The molecule has 1 heterocycles. The maximum atomic E-state index is 11.1. The van der Waals surface area contributed by atoms with E-state index in [0.717, 1.165) is 4.47 Å². The van der Waals surface area contributed by atoms with Crippen molar-refractivity contribution in [1.29, 1.82) is 0 Å². The van der Waals surface area contributed by atoms with Crippen LogP contribution >= 0.6 is 27.7 Å². The van der Waals surface area contributed by atoms with E-state index in [-0.39, 0.29) is 5.69 Å². The molecule has 0 saturated carbocycles. The maximum absolute atomic E-state index is 11.1. The molecule has 0 spiro atoms. The third kappa shape index (κ3) is 3.56. The molecular formula is C13H11BrN2O3S. The molecule has 2 aromatic rings. The maximum Gasteiger partial charge on any atom is 0.283 e. The number of aromatic nitrogens is 1. The van der Waals surface area contributed by atoms with Gasteiger partial charge in [-0.1, -0.05) is 17.8 Å². The van der Waals surface area contributed by atoms with Crippen LogP contribution in [0.3, 0.4) is 0 Å². The molecule has 20 heavy (non-hydrogen) atoms. The lowest BCUT2D eigenvalue weighted by Gasteiger charge is -2.07. The number of nitrogens with zero attached hydrogens (tertiary/aromatic N) is 2. The molecular weight excluding hydrogens is 344 g/mol. The van der Waals surface area contributed by atoms with E-state index in [4.69, 9.17) is 0 Å². The molecule has 2 rings (SSSR count). The van der Waals surface area contributed by atoms with Gasteiger partial charge in [-0.25, -0.2) is 4.98 Å². The Kier molecular flexibility index (Phi) is 4.74. The highest BCUT2D eigenvalue weighted by Gasteiger charge is 2.17. The number of hydrogen-bond acceptors (Lipinski definition) is 5. The van der Waals surface area contributed by atoms with E-state index in [1.54, 1.807) is 31.3 Å². The minimum atomic E-state index is -0.737. The summed E-state index contributed by atoms with van der Waals surface area (Å²) in [5, 5.41) is 21.3. The average Bonchev–Trinajstić information content (AvgIpc) is 2.41. The number of aliphatic hydroxyl groups excluding tert-OH is 1. The molecule has 0 aliphatic heterocycles. The lowest BCUT2D eigenvalue weighted by Crippen LogP contribution is -1.96. The molecule has 7 heteroatoms. The highest BCUT2D eigenvalue weighted by Crippen LogP contribution is 2.35. The van der Waals surface area contributed by atoms with Crippen LogP contribution in [-0.4, -0.2) is 15.0 Å². The van der Waals surface area contributed by atoms with E-state index in [9.17, 15) is 15.2 Å². The number of aliphatic hydroxyl groups is 1. The molecule has 1 aromatic carbocycles. The summed E-state index contributed by atoms with van der Waals surface area (Å²) >= 11 is 4.50. The normalized spacial score (nSPS) is 12.2. The number of rotatable bonds is 4. The van der Waals surface area contributed by atoms with Gasteiger partial charge in [0.25, 0.3) is 5.69 Å². The van der Waals surface area contributed by atoms with Crippen molar-refractivity contribution in [2.45, 2.75) is 22.9 Å². The van der Waals surface area contributed by atoms with Crippen LogP contribution in [-0.2, 0) is 0 Å². The van der Waals surface area contributed by atoms with Crippen molar-refractivity contribution in [1.82, 2.24) is 4.98 Å². The first-order valence-corrected chi connectivity index (χ1v) is 7.34. The van der Waals surface area contributed by atoms with Gasteiger partial charge in [0, 0.05) is 16.7 Å². The molecule has 1 N–H and O–H groups in total. The minimum absolute atomic E-state index is 0.0295. The van der Waals surface area contributed by atoms with Crippen LogP contribution in [0.15, 0.2) is 50.9 Å². The number of nitro benzene ring substituents is 1. The lowest BCUT2D eigenvalue weighted by molar-refractivity contribution is -0.387. The molecule has 0 unspecified atom stereocenters. The Labute approximate surface area is 128 Å². The summed E-state index contributed by atoms with van der Waals surface area (Å²) in [6, 6.07) is 8.31. The first-order valence-electron chi connectivity index (χ1n) is 5.73. The lowest BCUT2D eigenvalue weighted by atomic mass is 10.1. The van der Waals surface area contributed by atoms with Crippen LogP contribution in [0.5, 0.6) is 0 Å². The first-order chi connectivity index (χ1) is 9.47. The van der Waals surface area contributed by atoms with Crippen molar-refractivity contribution in [2.24, 2.45) is 0 Å². The molecule has 1 atom stereocenters. The standard InChI is InChI=1S/C13H11BrN2O3S/c1-8(17)9-2-4-12(11(6-9)16(18)19)20-13-5-3-10(14)7-15-13/h2-8,17H,1H3/t8-/m1/s1. The first kappa shape index (κ1) is 15.0. The third-order valence-corrected chi connectivity index (χ3v) is 4.06. The van der Waals surface area contributed by atoms with Gasteiger partial charge < -0.3 is 5.11 Å². The Morgan fingerprint density at radius 3 is 2.70 bits per heavy atom. The average molecular weight is 355 g/mol. The fourth-order valence-corrected chi connectivity index (χ4v) is 2.63. The fourth-order valence-electron chi connectivity index (χ4n) is 1.56. The molecule has 0 aliphatic carbocycles. The zero-order chi connectivity index (χ0) is 14.7. The van der Waals surface area contributed by atoms with E-state index in [1.807, 2.05) is 6.07 Å². The van der Waals surface area contributed by atoms with E-state index in [1.165, 1.54) is 17.8 Å². The Bertz CT molecular complexity index is 632. The van der Waals surface area contributed by atoms with Crippen LogP contribution < -0.4 is 0 Å². The zero-order valence-corrected chi connectivity index (χ0v) is 12.9. The molecule has 0 radical (unpaired) electrons. The largest absolute Gasteiger partial charge is 0.389 e. The van der Waals surface area contributed by atoms with Crippen LogP contribution in [0, 0.1) is 10.1 Å². The van der Waals surface area contributed by atoms with Crippen LogP contribution in [0.2, 0.25) is 0 Å². The van der Waals surface area contributed by atoms with E-state index in [0.29, 0.717) is 15.5 Å². The highest BCUT2D eigenvalue weighted by atomic mass is 79.9. The van der Waals surface area contributed by atoms with Gasteiger partial charge in [0.15, 0.2) is 0 Å². The smallest absolute Gasteiger partial charge is 0.283 e. The van der Waals surface area contributed by atoms with Gasteiger partial charge in [-0.3, -0.25) is 10.1 Å². The molecule has 0 bridgehead atoms. The molecule has 0 saturated heterocycles. The van der Waals surface area contributed by atoms with Gasteiger partial charge in [0.05, 0.1) is 15.9 Å². The topological polar surface area (TPSA) is 76.3 Å². The van der Waals surface area contributed by atoms with Gasteiger partial charge >= 0.3 is 0 Å². The Morgan fingerprint density at radius 2 is 2.15 bits per heavy atom. The summed E-state index contributed by atoms with van der Waals surface area (Å²) in [5.41, 5.74) is 0.489. The number of benzene rings is 1. The van der Waals surface area contributed by atoms with Crippen molar-refractivity contribution in [3.63, 3.8) is 0 Å². The van der Waals surface area contributed by atoms with Crippen molar-refractivity contribution >= 4 is 33.4 Å². The predicted octanol–water partition coefficient (Wildman–Crippen LogP) is 3.96. The molecule has 1 aromatic heterocycles. The predicted molar refractivity (Wildman–Crippen MR) is 79.8 cm³/mol. The fraction of sp³-hybridized carbons (Fsp3) is 0.154. The number of hydrogen-bond donors (Lipinski definition) is 1. The Balaban J connectivity index is 2.35. The summed E-state index contributed by atoms with van der Waals surface area (Å²) in [4.78, 5) is 15.3. The second-order valence-electron chi connectivity index (χ2n) is 4.08. The van der Waals surface area contributed by atoms with E-state index < -0.39 is 11.0 Å². The Morgan fingerprint density at radius 1 is 1.40 bits per heavy atom. The summed E-state index contributed by atoms with van der Waals surface area (Å²) in [5.74, 6) is 0. The second kappa shape index (κ2) is 6.34. The summed E-state index contributed by atoms with van der Waals surface area (Å²) < 4.78 is 0.848. The van der Waals surface area contributed by atoms with Crippen molar-refractivity contribution in [3.05, 3.63) is 56.7 Å². The number of pyridine rings is 1. The van der Waals surface area contributed by atoms with Gasteiger partial charge in [-0.05, 0) is 46.6 Å². The number of nitro groups is 1. The minimum Gasteiger partial charge on any atom is -0.389 e. The van der Waals surface area contributed by atoms with Crippen LogP contribution in [0.1, 0.15) is 18.6 Å². The quantitative estimate of drug-likeness (QED) is 0.664. The Hall–Kier alpha value is -1.44. The summed E-state index contributed by atoms with van der Waals surface area (Å²) in [7, 11) is 0. The van der Waals surface area contributed by atoms with Gasteiger partial charge in [-0.2, -0.15) is 0 Å². The van der Waals surface area contributed by atoms with Crippen LogP contribution in [0.4, 0.5) is 5.69 Å². The molecule has 5 nitrogen and oxygen atoms in total. The van der Waals surface area contributed by atoms with E-state index >= 15 is 0 Å². The zero-order valence-electron chi connectivity index (χ0n) is 10.5. The van der Waals surface area contributed by atoms with Gasteiger partial charge in [0.1, 0.15) is 5.03 Å². The van der Waals surface area contributed by atoms with Crippen molar-refractivity contribution in [2.75, 3.05) is 0 Å². The molecule has 104 valence electrons. The SMILES string of the molecule is C[C@@H](O)c1ccc(Sc2ccc(Br)cn2)c([N+](=O)[O-])c1.